The summed E-state index contributed by atoms with van der Waals surface area (Å²) in [5.41, 5.74) is 0.369. The molecule has 3 aromatic rings. The second-order valence-corrected chi connectivity index (χ2v) is 6.81. The van der Waals surface area contributed by atoms with E-state index >= 15 is 0 Å². The molecule has 0 amide bonds. The molecule has 0 bridgehead atoms. The summed E-state index contributed by atoms with van der Waals surface area (Å²) in [6, 6.07) is 14.4. The predicted molar refractivity (Wildman–Crippen MR) is 118 cm³/mol. The van der Waals surface area contributed by atoms with E-state index in [9.17, 15) is 13.2 Å². The van der Waals surface area contributed by atoms with E-state index < -0.39 is 11.9 Å². The number of thiazole rings is 1. The van der Waals surface area contributed by atoms with E-state index in [2.05, 4.69) is 44.9 Å². The van der Waals surface area contributed by atoms with Gasteiger partial charge in [0.05, 0.1) is 6.54 Å². The Hall–Kier alpha value is -1.88. The number of nitrogens with zero attached hydrogens (tertiary/aromatic N) is 2. The summed E-state index contributed by atoms with van der Waals surface area (Å²) >= 11 is 0.975. The van der Waals surface area contributed by atoms with Crippen LogP contribution in [-0.4, -0.2) is 24.5 Å². The molecule has 28 heavy (non-hydrogen) atoms. The van der Waals surface area contributed by atoms with Gasteiger partial charge in [0.25, 0.3) is 0 Å². The molecule has 0 spiro atoms. The van der Waals surface area contributed by atoms with Crippen LogP contribution in [0.1, 0.15) is 16.3 Å². The van der Waals surface area contributed by atoms with Crippen LogP contribution < -0.4 is 10.6 Å². The molecule has 1 heterocycles. The summed E-state index contributed by atoms with van der Waals surface area (Å²) in [4.78, 5) is 7.70. The number of fused-ring (bicyclic) bond motifs is 1. The van der Waals surface area contributed by atoms with Crippen molar-refractivity contribution in [1.29, 1.82) is 0 Å². The highest BCUT2D eigenvalue weighted by atomic mass is 127. The fourth-order valence-electron chi connectivity index (χ4n) is 2.73. The molecule has 0 saturated carbocycles. The van der Waals surface area contributed by atoms with Crippen LogP contribution in [0, 0.1) is 0 Å². The average Bonchev–Trinajstić information content (AvgIpc) is 3.14. The zero-order valence-corrected chi connectivity index (χ0v) is 18.2. The molecule has 0 aliphatic heterocycles. The molecule has 4 nitrogen and oxygen atoms in total. The highest BCUT2D eigenvalue weighted by molar-refractivity contribution is 14.0. The fraction of sp³-hybridized carbons (Fsp3) is 0.263. The molecule has 0 fully saturated rings. The number of halogens is 4. The minimum Gasteiger partial charge on any atom is -0.356 e. The molecular formula is C19H20F3IN4S. The van der Waals surface area contributed by atoms with Crippen molar-refractivity contribution in [3.8, 4) is 0 Å². The maximum absolute atomic E-state index is 12.6. The lowest BCUT2D eigenvalue weighted by atomic mass is 10.0. The summed E-state index contributed by atoms with van der Waals surface area (Å²) in [7, 11) is 1.62. The number of aliphatic imine (C=N–C) groups is 1. The lowest BCUT2D eigenvalue weighted by Gasteiger charge is -2.12. The van der Waals surface area contributed by atoms with Crippen molar-refractivity contribution in [3.63, 3.8) is 0 Å². The third kappa shape index (κ3) is 5.81. The van der Waals surface area contributed by atoms with E-state index in [0.29, 0.717) is 17.5 Å². The number of hydrogen-bond donors (Lipinski definition) is 2. The Morgan fingerprint density at radius 1 is 1.11 bits per heavy atom. The first-order chi connectivity index (χ1) is 13.0. The Bertz CT molecular complexity index is 935. The molecule has 0 saturated heterocycles. The van der Waals surface area contributed by atoms with Crippen LogP contribution in [0.15, 0.2) is 52.8 Å². The van der Waals surface area contributed by atoms with Crippen LogP contribution in [0.4, 0.5) is 13.2 Å². The summed E-state index contributed by atoms with van der Waals surface area (Å²) in [5.74, 6) is 0.527. The van der Waals surface area contributed by atoms with Crippen LogP contribution >= 0.6 is 35.3 Å². The first-order valence-corrected chi connectivity index (χ1v) is 9.28. The zero-order valence-electron chi connectivity index (χ0n) is 15.1. The van der Waals surface area contributed by atoms with Gasteiger partial charge in [-0.05, 0) is 22.8 Å². The van der Waals surface area contributed by atoms with Crippen LogP contribution in [0.25, 0.3) is 10.8 Å². The summed E-state index contributed by atoms with van der Waals surface area (Å²) in [5, 5.41) is 9.97. The maximum atomic E-state index is 12.6. The van der Waals surface area contributed by atoms with E-state index in [1.165, 1.54) is 16.3 Å². The standard InChI is InChI=1S/C19H19F3N4S.HI/c1-23-18(25-11-17-26-16(12-27-17)19(20,21)22)24-10-9-14-7-4-6-13-5-2-3-8-15(13)14;/h2-8,12H,9-11H2,1H3,(H2,23,24,25);1H. The number of hydrogen-bond acceptors (Lipinski definition) is 3. The van der Waals surface area contributed by atoms with Gasteiger partial charge in [-0.15, -0.1) is 35.3 Å². The number of rotatable bonds is 5. The van der Waals surface area contributed by atoms with Crippen LogP contribution in [-0.2, 0) is 19.1 Å². The molecule has 0 aliphatic rings. The second-order valence-electron chi connectivity index (χ2n) is 5.87. The van der Waals surface area contributed by atoms with E-state index in [1.807, 2.05) is 18.2 Å². The van der Waals surface area contributed by atoms with Crippen molar-refractivity contribution in [2.75, 3.05) is 13.6 Å². The molecule has 0 unspecified atom stereocenters. The Morgan fingerprint density at radius 2 is 1.86 bits per heavy atom. The van der Waals surface area contributed by atoms with Crippen molar-refractivity contribution in [3.05, 3.63) is 64.1 Å². The van der Waals surface area contributed by atoms with E-state index in [1.54, 1.807) is 7.05 Å². The lowest BCUT2D eigenvalue weighted by Crippen LogP contribution is -2.37. The van der Waals surface area contributed by atoms with E-state index in [0.717, 1.165) is 23.1 Å². The topological polar surface area (TPSA) is 49.3 Å². The number of guanidine groups is 1. The zero-order chi connectivity index (χ0) is 19.3. The summed E-state index contributed by atoms with van der Waals surface area (Å²) in [6.07, 6.45) is -3.61. The van der Waals surface area contributed by atoms with Gasteiger partial charge in [0.15, 0.2) is 11.7 Å². The van der Waals surface area contributed by atoms with E-state index in [-0.39, 0.29) is 30.5 Å². The molecule has 0 radical (unpaired) electrons. The molecule has 3 rings (SSSR count). The van der Waals surface area contributed by atoms with Gasteiger partial charge >= 0.3 is 6.18 Å². The lowest BCUT2D eigenvalue weighted by molar-refractivity contribution is -0.140. The van der Waals surface area contributed by atoms with Crippen molar-refractivity contribution in [2.24, 2.45) is 4.99 Å². The maximum Gasteiger partial charge on any atom is 0.434 e. The van der Waals surface area contributed by atoms with Gasteiger partial charge in [0, 0.05) is 19.0 Å². The van der Waals surface area contributed by atoms with Crippen LogP contribution in [0.2, 0.25) is 0 Å². The van der Waals surface area contributed by atoms with Crippen molar-refractivity contribution >= 4 is 52.0 Å². The smallest absolute Gasteiger partial charge is 0.356 e. The second kappa shape index (κ2) is 10.1. The number of alkyl halides is 3. The third-order valence-corrected chi connectivity index (χ3v) is 4.89. The fourth-order valence-corrected chi connectivity index (χ4v) is 3.47. The van der Waals surface area contributed by atoms with Crippen LogP contribution in [0.5, 0.6) is 0 Å². The van der Waals surface area contributed by atoms with Gasteiger partial charge in [-0.2, -0.15) is 13.2 Å². The van der Waals surface area contributed by atoms with Gasteiger partial charge in [-0.3, -0.25) is 4.99 Å². The molecule has 2 aromatic carbocycles. The molecule has 150 valence electrons. The Labute approximate surface area is 182 Å². The van der Waals surface area contributed by atoms with Gasteiger partial charge < -0.3 is 10.6 Å². The van der Waals surface area contributed by atoms with Gasteiger partial charge in [-0.25, -0.2) is 4.98 Å². The SMILES string of the molecule is CN=C(NCCc1cccc2ccccc12)NCc1nc(C(F)(F)F)cs1.I. The highest BCUT2D eigenvalue weighted by Crippen LogP contribution is 2.29. The summed E-state index contributed by atoms with van der Waals surface area (Å²) in [6.45, 7) is 0.841. The van der Waals surface area contributed by atoms with E-state index in [4.69, 9.17) is 0 Å². The quantitative estimate of drug-likeness (QED) is 0.288. The highest BCUT2D eigenvalue weighted by Gasteiger charge is 2.33. The first kappa shape index (κ1) is 22.4. The van der Waals surface area contributed by atoms with Crippen molar-refractivity contribution < 1.29 is 13.2 Å². The van der Waals surface area contributed by atoms with Gasteiger partial charge in [0.2, 0.25) is 0 Å². The van der Waals surface area contributed by atoms with Crippen LogP contribution in [0.3, 0.4) is 0 Å². The number of benzene rings is 2. The summed E-state index contributed by atoms with van der Waals surface area (Å²) < 4.78 is 37.8. The Morgan fingerprint density at radius 3 is 2.57 bits per heavy atom. The van der Waals surface area contributed by atoms with Crippen molar-refractivity contribution in [1.82, 2.24) is 15.6 Å². The Balaban J connectivity index is 0.00000280. The number of nitrogens with one attached hydrogen (secondary N) is 2. The number of aromatic nitrogens is 1. The normalized spacial score (nSPS) is 11.9. The third-order valence-electron chi connectivity index (χ3n) is 4.04. The first-order valence-electron chi connectivity index (χ1n) is 8.40. The molecular weight excluding hydrogens is 500 g/mol. The van der Waals surface area contributed by atoms with Gasteiger partial charge in [-0.1, -0.05) is 42.5 Å². The molecule has 1 aromatic heterocycles. The van der Waals surface area contributed by atoms with Crippen molar-refractivity contribution in [2.45, 2.75) is 19.1 Å². The monoisotopic (exact) mass is 520 g/mol. The molecule has 2 N–H and O–H groups in total. The minimum atomic E-state index is -4.41. The van der Waals surface area contributed by atoms with Gasteiger partial charge in [0.1, 0.15) is 5.01 Å². The Kier molecular flexibility index (Phi) is 8.05. The molecule has 9 heteroatoms. The predicted octanol–water partition coefficient (Wildman–Crippen LogP) is 4.84. The largest absolute Gasteiger partial charge is 0.434 e. The molecule has 0 atom stereocenters. The molecule has 0 aliphatic carbocycles. The minimum absolute atomic E-state index is 0. The average molecular weight is 520 g/mol.